The summed E-state index contributed by atoms with van der Waals surface area (Å²) in [5.74, 6) is -0.136. The molecule has 3 rings (SSSR count). The topological polar surface area (TPSA) is 68.0 Å². The molecule has 0 bridgehead atoms. The molecule has 3 aromatic rings. The summed E-state index contributed by atoms with van der Waals surface area (Å²) in [6.45, 7) is 3.85. The Morgan fingerprint density at radius 3 is 2.81 bits per heavy atom. The summed E-state index contributed by atoms with van der Waals surface area (Å²) in [5, 5.41) is 5.73. The molecule has 108 valence electrons. The molecule has 3 heterocycles. The quantitative estimate of drug-likeness (QED) is 0.773. The number of rotatable bonds is 3. The Hall–Kier alpha value is -1.92. The fourth-order valence-electron chi connectivity index (χ4n) is 2.06. The molecule has 0 spiro atoms. The van der Waals surface area contributed by atoms with E-state index in [1.54, 1.807) is 11.3 Å². The number of nitrogens with zero attached hydrogens (tertiary/aromatic N) is 1. The Kier molecular flexibility index (Phi) is 3.65. The highest BCUT2D eigenvalue weighted by atomic mass is 32.1. The van der Waals surface area contributed by atoms with E-state index in [2.05, 4.69) is 10.3 Å². The van der Waals surface area contributed by atoms with Gasteiger partial charge in [-0.1, -0.05) is 6.07 Å². The average molecular weight is 317 g/mol. The van der Waals surface area contributed by atoms with Crippen molar-refractivity contribution < 1.29 is 4.79 Å². The molecule has 0 aromatic carbocycles. The molecular formula is C15H15N3OS2. The maximum absolute atomic E-state index is 12.2. The molecule has 0 saturated carbocycles. The maximum atomic E-state index is 12.2. The molecule has 1 amide bonds. The third-order valence-electron chi connectivity index (χ3n) is 2.99. The largest absolute Gasteiger partial charge is 0.397 e. The third kappa shape index (κ3) is 2.64. The first-order chi connectivity index (χ1) is 10.1. The summed E-state index contributed by atoms with van der Waals surface area (Å²) in [6, 6.07) is 7.99. The third-order valence-corrected chi connectivity index (χ3v) is 5.00. The van der Waals surface area contributed by atoms with Crippen molar-refractivity contribution >= 4 is 44.5 Å². The standard InChI is InChI=1S/C15H15N3OS2/c1-8(2)17-14(19)13-12(16)9-5-6-10(18-15(9)21-13)11-4-3-7-20-11/h3-8H,16H2,1-2H3,(H,17,19). The van der Waals surface area contributed by atoms with Crippen LogP contribution in [0.1, 0.15) is 23.5 Å². The number of aromatic nitrogens is 1. The van der Waals surface area contributed by atoms with Crippen LogP contribution < -0.4 is 11.1 Å². The Bertz CT molecular complexity index is 791. The Morgan fingerprint density at radius 1 is 1.33 bits per heavy atom. The molecule has 0 aliphatic heterocycles. The van der Waals surface area contributed by atoms with Crippen LogP contribution in [-0.2, 0) is 0 Å². The molecule has 21 heavy (non-hydrogen) atoms. The molecular weight excluding hydrogens is 302 g/mol. The zero-order chi connectivity index (χ0) is 15.0. The van der Waals surface area contributed by atoms with E-state index in [1.807, 2.05) is 43.5 Å². The van der Waals surface area contributed by atoms with E-state index in [0.29, 0.717) is 10.6 Å². The molecule has 3 N–H and O–H groups in total. The molecule has 0 atom stereocenters. The summed E-state index contributed by atoms with van der Waals surface area (Å²) in [5.41, 5.74) is 7.52. The zero-order valence-corrected chi connectivity index (χ0v) is 13.3. The van der Waals surface area contributed by atoms with Gasteiger partial charge in [0, 0.05) is 11.4 Å². The van der Waals surface area contributed by atoms with E-state index >= 15 is 0 Å². The van der Waals surface area contributed by atoms with Gasteiger partial charge in [-0.05, 0) is 37.4 Å². The lowest BCUT2D eigenvalue weighted by Gasteiger charge is -2.06. The highest BCUT2D eigenvalue weighted by Gasteiger charge is 2.18. The van der Waals surface area contributed by atoms with Crippen LogP contribution in [0.25, 0.3) is 20.8 Å². The first kappa shape index (κ1) is 14.0. The predicted octanol–water partition coefficient (Wildman–Crippen LogP) is 3.75. The number of nitrogen functional groups attached to an aromatic ring is 1. The number of hydrogen-bond acceptors (Lipinski definition) is 5. The van der Waals surface area contributed by atoms with E-state index in [1.165, 1.54) is 11.3 Å². The Morgan fingerprint density at radius 2 is 2.14 bits per heavy atom. The molecule has 3 aromatic heterocycles. The van der Waals surface area contributed by atoms with E-state index in [9.17, 15) is 4.79 Å². The molecule has 0 saturated heterocycles. The number of carbonyl (C=O) groups is 1. The van der Waals surface area contributed by atoms with Crippen molar-refractivity contribution in [1.29, 1.82) is 0 Å². The monoisotopic (exact) mass is 317 g/mol. The van der Waals surface area contributed by atoms with Crippen LogP contribution in [0.2, 0.25) is 0 Å². The van der Waals surface area contributed by atoms with Crippen LogP contribution >= 0.6 is 22.7 Å². The van der Waals surface area contributed by atoms with Crippen molar-refractivity contribution in [3.05, 3.63) is 34.5 Å². The summed E-state index contributed by atoms with van der Waals surface area (Å²) in [7, 11) is 0. The second-order valence-corrected chi connectivity index (χ2v) is 6.95. The lowest BCUT2D eigenvalue weighted by molar-refractivity contribution is 0.0948. The van der Waals surface area contributed by atoms with Gasteiger partial charge in [0.15, 0.2) is 0 Å². The highest BCUT2D eigenvalue weighted by Crippen LogP contribution is 2.34. The van der Waals surface area contributed by atoms with E-state index in [-0.39, 0.29) is 11.9 Å². The van der Waals surface area contributed by atoms with Gasteiger partial charge in [0.25, 0.3) is 5.91 Å². The van der Waals surface area contributed by atoms with E-state index in [4.69, 9.17) is 5.73 Å². The van der Waals surface area contributed by atoms with Crippen molar-refractivity contribution in [2.45, 2.75) is 19.9 Å². The van der Waals surface area contributed by atoms with E-state index < -0.39 is 0 Å². The van der Waals surface area contributed by atoms with Crippen LogP contribution in [0.15, 0.2) is 29.6 Å². The van der Waals surface area contributed by atoms with Gasteiger partial charge in [-0.2, -0.15) is 0 Å². The Balaban J connectivity index is 2.05. The van der Waals surface area contributed by atoms with Gasteiger partial charge in [0.2, 0.25) is 0 Å². The first-order valence-corrected chi connectivity index (χ1v) is 8.29. The molecule has 0 radical (unpaired) electrons. The van der Waals surface area contributed by atoms with Gasteiger partial charge in [-0.25, -0.2) is 4.98 Å². The number of amides is 1. The minimum atomic E-state index is -0.136. The second kappa shape index (κ2) is 5.46. The van der Waals surface area contributed by atoms with Crippen LogP contribution in [0.4, 0.5) is 5.69 Å². The minimum absolute atomic E-state index is 0.0803. The number of thiophene rings is 2. The van der Waals surface area contributed by atoms with Gasteiger partial charge in [-0.15, -0.1) is 22.7 Å². The summed E-state index contributed by atoms with van der Waals surface area (Å²) < 4.78 is 0. The smallest absolute Gasteiger partial charge is 0.263 e. The number of hydrogen-bond donors (Lipinski definition) is 2. The molecule has 0 aliphatic rings. The molecule has 0 unspecified atom stereocenters. The van der Waals surface area contributed by atoms with Crippen molar-refractivity contribution in [2.75, 3.05) is 5.73 Å². The van der Waals surface area contributed by atoms with Crippen LogP contribution in [0.3, 0.4) is 0 Å². The number of carbonyl (C=O) groups excluding carboxylic acids is 1. The van der Waals surface area contributed by atoms with Crippen molar-refractivity contribution in [1.82, 2.24) is 10.3 Å². The van der Waals surface area contributed by atoms with Crippen LogP contribution in [0.5, 0.6) is 0 Å². The predicted molar refractivity (Wildman–Crippen MR) is 89.9 cm³/mol. The summed E-state index contributed by atoms with van der Waals surface area (Å²) >= 11 is 2.98. The summed E-state index contributed by atoms with van der Waals surface area (Å²) in [4.78, 5) is 19.2. The molecule has 6 heteroatoms. The molecule has 4 nitrogen and oxygen atoms in total. The van der Waals surface area contributed by atoms with Gasteiger partial charge >= 0.3 is 0 Å². The second-order valence-electron chi connectivity index (χ2n) is 5.00. The summed E-state index contributed by atoms with van der Waals surface area (Å²) in [6.07, 6.45) is 0. The van der Waals surface area contributed by atoms with Gasteiger partial charge in [0.1, 0.15) is 9.71 Å². The van der Waals surface area contributed by atoms with Crippen LogP contribution in [-0.4, -0.2) is 16.9 Å². The minimum Gasteiger partial charge on any atom is -0.397 e. The average Bonchev–Trinajstić information content (AvgIpc) is 3.06. The van der Waals surface area contributed by atoms with Gasteiger partial charge in [0.05, 0.1) is 16.3 Å². The van der Waals surface area contributed by atoms with Crippen molar-refractivity contribution in [3.63, 3.8) is 0 Å². The Labute approximate surface area is 130 Å². The lowest BCUT2D eigenvalue weighted by atomic mass is 10.2. The normalized spacial score (nSPS) is 11.2. The zero-order valence-electron chi connectivity index (χ0n) is 11.7. The SMILES string of the molecule is CC(C)NC(=O)c1sc2nc(-c3cccs3)ccc2c1N. The number of pyridine rings is 1. The van der Waals surface area contributed by atoms with Gasteiger partial charge < -0.3 is 11.1 Å². The molecule has 0 fully saturated rings. The van der Waals surface area contributed by atoms with Crippen molar-refractivity contribution in [3.8, 4) is 10.6 Å². The number of anilines is 1. The first-order valence-electron chi connectivity index (χ1n) is 6.60. The lowest BCUT2D eigenvalue weighted by Crippen LogP contribution is -2.29. The highest BCUT2D eigenvalue weighted by molar-refractivity contribution is 7.21. The molecule has 0 aliphatic carbocycles. The number of fused-ring (bicyclic) bond motifs is 1. The number of nitrogens with two attached hydrogens (primary N) is 1. The maximum Gasteiger partial charge on any atom is 0.263 e. The number of nitrogens with one attached hydrogen (secondary N) is 1. The van der Waals surface area contributed by atoms with E-state index in [0.717, 1.165) is 20.8 Å². The fourth-order valence-corrected chi connectivity index (χ4v) is 3.75. The van der Waals surface area contributed by atoms with Crippen LogP contribution in [0, 0.1) is 0 Å². The van der Waals surface area contributed by atoms with Crippen molar-refractivity contribution in [2.24, 2.45) is 0 Å². The van der Waals surface area contributed by atoms with Gasteiger partial charge in [-0.3, -0.25) is 4.79 Å². The fraction of sp³-hybridized carbons (Fsp3) is 0.200.